The molecule has 1 atom stereocenters. The number of rotatable bonds is 7. The molecule has 0 aliphatic rings. The van der Waals surface area contributed by atoms with Crippen LogP contribution < -0.4 is 10.0 Å². The van der Waals surface area contributed by atoms with E-state index in [0.717, 1.165) is 0 Å². The standard InChI is InChI=1S/C15H22ClN3O4S/c1-10(2)14(15(21)17-9-13(20)19(3)4)18-24(22,23)12-7-5-6-11(16)8-12/h5-8,10,14,18H,9H2,1-4H3,(H,17,21)/t14-/m0/s1. The SMILES string of the molecule is CC(C)[C@H](NS(=O)(=O)c1cccc(Cl)c1)C(=O)NCC(=O)N(C)C. The molecule has 2 amide bonds. The summed E-state index contributed by atoms with van der Waals surface area (Å²) in [5.74, 6) is -1.16. The lowest BCUT2D eigenvalue weighted by atomic mass is 10.1. The van der Waals surface area contributed by atoms with Crippen molar-refractivity contribution in [1.82, 2.24) is 14.9 Å². The van der Waals surface area contributed by atoms with Crippen LogP contribution in [-0.2, 0) is 19.6 Å². The summed E-state index contributed by atoms with van der Waals surface area (Å²) >= 11 is 5.81. The quantitative estimate of drug-likeness (QED) is 0.738. The van der Waals surface area contributed by atoms with E-state index in [0.29, 0.717) is 0 Å². The number of sulfonamides is 1. The van der Waals surface area contributed by atoms with Gasteiger partial charge in [0.25, 0.3) is 0 Å². The predicted octanol–water partition coefficient (Wildman–Crippen LogP) is 0.847. The summed E-state index contributed by atoms with van der Waals surface area (Å²) in [4.78, 5) is 25.1. The highest BCUT2D eigenvalue weighted by atomic mass is 35.5. The molecular weight excluding hydrogens is 354 g/mol. The number of hydrogen-bond acceptors (Lipinski definition) is 4. The van der Waals surface area contributed by atoms with Crippen molar-refractivity contribution in [2.75, 3.05) is 20.6 Å². The molecule has 0 unspecified atom stereocenters. The molecule has 0 heterocycles. The second-order valence-electron chi connectivity index (χ2n) is 5.81. The van der Waals surface area contributed by atoms with Crippen LogP contribution in [0.5, 0.6) is 0 Å². The average molecular weight is 376 g/mol. The van der Waals surface area contributed by atoms with Crippen LogP contribution in [0.1, 0.15) is 13.8 Å². The third-order valence-corrected chi connectivity index (χ3v) is 4.92. The van der Waals surface area contributed by atoms with Gasteiger partial charge in [0, 0.05) is 19.1 Å². The first-order valence-corrected chi connectivity index (χ1v) is 9.16. The summed E-state index contributed by atoms with van der Waals surface area (Å²) in [6.45, 7) is 3.21. The molecular formula is C15H22ClN3O4S. The zero-order valence-electron chi connectivity index (χ0n) is 14.0. The summed E-state index contributed by atoms with van der Waals surface area (Å²) in [5, 5.41) is 2.73. The van der Waals surface area contributed by atoms with Gasteiger partial charge in [-0.25, -0.2) is 8.42 Å². The topological polar surface area (TPSA) is 95.6 Å². The number of benzene rings is 1. The molecule has 9 heteroatoms. The summed E-state index contributed by atoms with van der Waals surface area (Å²) in [6, 6.07) is 4.74. The maximum atomic E-state index is 12.4. The lowest BCUT2D eigenvalue weighted by molar-refractivity contribution is -0.131. The van der Waals surface area contributed by atoms with Crippen molar-refractivity contribution in [2.45, 2.75) is 24.8 Å². The van der Waals surface area contributed by atoms with Crippen molar-refractivity contribution < 1.29 is 18.0 Å². The number of likely N-dealkylation sites (N-methyl/N-ethyl adjacent to an activating group) is 1. The summed E-state index contributed by atoms with van der Waals surface area (Å²) < 4.78 is 27.2. The Kier molecular flexibility index (Phi) is 7.19. The van der Waals surface area contributed by atoms with Crippen molar-refractivity contribution >= 4 is 33.4 Å². The third kappa shape index (κ3) is 5.77. The first kappa shape index (κ1) is 20.4. The monoisotopic (exact) mass is 375 g/mol. The molecule has 0 fully saturated rings. The first-order valence-electron chi connectivity index (χ1n) is 7.30. The Morgan fingerprint density at radius 3 is 2.38 bits per heavy atom. The Labute approximate surface area is 147 Å². The zero-order valence-corrected chi connectivity index (χ0v) is 15.6. The number of amides is 2. The molecule has 7 nitrogen and oxygen atoms in total. The molecule has 0 bridgehead atoms. The molecule has 0 aliphatic carbocycles. The van der Waals surface area contributed by atoms with Crippen LogP contribution in [-0.4, -0.2) is 51.8 Å². The fourth-order valence-corrected chi connectivity index (χ4v) is 3.44. The highest BCUT2D eigenvalue weighted by Crippen LogP contribution is 2.16. The van der Waals surface area contributed by atoms with Gasteiger partial charge in [0.15, 0.2) is 0 Å². The molecule has 0 aliphatic heterocycles. The van der Waals surface area contributed by atoms with E-state index in [1.807, 2.05) is 0 Å². The fourth-order valence-electron chi connectivity index (χ4n) is 1.79. The van der Waals surface area contributed by atoms with Gasteiger partial charge in [0.05, 0.1) is 11.4 Å². The van der Waals surface area contributed by atoms with E-state index >= 15 is 0 Å². The molecule has 0 saturated carbocycles. The first-order chi connectivity index (χ1) is 11.0. The Bertz CT molecular complexity index is 704. The highest BCUT2D eigenvalue weighted by Gasteiger charge is 2.28. The number of hydrogen-bond donors (Lipinski definition) is 2. The van der Waals surface area contributed by atoms with Gasteiger partial charge in [-0.15, -0.1) is 0 Å². The summed E-state index contributed by atoms with van der Waals surface area (Å²) in [5.41, 5.74) is 0. The highest BCUT2D eigenvalue weighted by molar-refractivity contribution is 7.89. The lowest BCUT2D eigenvalue weighted by Gasteiger charge is -2.22. The predicted molar refractivity (Wildman–Crippen MR) is 92.1 cm³/mol. The number of halogens is 1. The number of carbonyl (C=O) groups excluding carboxylic acids is 2. The molecule has 134 valence electrons. The van der Waals surface area contributed by atoms with Crippen LogP contribution in [0.4, 0.5) is 0 Å². The van der Waals surface area contributed by atoms with E-state index in [9.17, 15) is 18.0 Å². The molecule has 24 heavy (non-hydrogen) atoms. The largest absolute Gasteiger partial charge is 0.347 e. The molecule has 0 aromatic heterocycles. The number of nitrogens with zero attached hydrogens (tertiary/aromatic N) is 1. The van der Waals surface area contributed by atoms with Gasteiger partial charge in [0.2, 0.25) is 21.8 Å². The average Bonchev–Trinajstić information content (AvgIpc) is 2.49. The van der Waals surface area contributed by atoms with Crippen molar-refractivity contribution in [2.24, 2.45) is 5.92 Å². The number of carbonyl (C=O) groups is 2. The van der Waals surface area contributed by atoms with Gasteiger partial charge in [-0.05, 0) is 24.1 Å². The Balaban J connectivity index is 2.89. The molecule has 0 radical (unpaired) electrons. The molecule has 0 spiro atoms. The second kappa shape index (κ2) is 8.46. The van der Waals surface area contributed by atoms with E-state index in [1.165, 1.54) is 23.1 Å². The van der Waals surface area contributed by atoms with Gasteiger partial charge in [-0.1, -0.05) is 31.5 Å². The minimum absolute atomic E-state index is 0.0298. The molecule has 1 aromatic rings. The van der Waals surface area contributed by atoms with Gasteiger partial charge < -0.3 is 10.2 Å². The van der Waals surface area contributed by atoms with E-state index in [-0.39, 0.29) is 28.3 Å². The number of nitrogens with one attached hydrogen (secondary N) is 2. The maximum Gasteiger partial charge on any atom is 0.241 e. The van der Waals surface area contributed by atoms with E-state index < -0.39 is 22.0 Å². The Morgan fingerprint density at radius 1 is 1.25 bits per heavy atom. The van der Waals surface area contributed by atoms with Crippen molar-refractivity contribution in [3.8, 4) is 0 Å². The van der Waals surface area contributed by atoms with E-state index in [1.54, 1.807) is 34.0 Å². The van der Waals surface area contributed by atoms with E-state index in [4.69, 9.17) is 11.6 Å². The van der Waals surface area contributed by atoms with Gasteiger partial charge >= 0.3 is 0 Å². The molecule has 1 aromatic carbocycles. The second-order valence-corrected chi connectivity index (χ2v) is 7.96. The van der Waals surface area contributed by atoms with Crippen molar-refractivity contribution in [3.63, 3.8) is 0 Å². The molecule has 1 rings (SSSR count). The minimum atomic E-state index is -3.92. The zero-order chi connectivity index (χ0) is 18.5. The fraction of sp³-hybridized carbons (Fsp3) is 0.467. The van der Waals surface area contributed by atoms with Crippen molar-refractivity contribution in [1.29, 1.82) is 0 Å². The normalized spacial score (nSPS) is 12.8. The summed E-state index contributed by atoms with van der Waals surface area (Å²) in [6.07, 6.45) is 0. The smallest absolute Gasteiger partial charge is 0.241 e. The van der Waals surface area contributed by atoms with Gasteiger partial charge in [-0.3, -0.25) is 9.59 Å². The van der Waals surface area contributed by atoms with Crippen LogP contribution in [0.2, 0.25) is 5.02 Å². The maximum absolute atomic E-state index is 12.4. The Hall–Kier alpha value is -1.64. The molecule has 2 N–H and O–H groups in total. The minimum Gasteiger partial charge on any atom is -0.347 e. The summed E-state index contributed by atoms with van der Waals surface area (Å²) in [7, 11) is -0.786. The molecule has 0 saturated heterocycles. The van der Waals surface area contributed by atoms with Crippen molar-refractivity contribution in [3.05, 3.63) is 29.3 Å². The van der Waals surface area contributed by atoms with Crippen LogP contribution in [0.15, 0.2) is 29.2 Å². The van der Waals surface area contributed by atoms with Gasteiger partial charge in [0.1, 0.15) is 6.04 Å². The van der Waals surface area contributed by atoms with Crippen LogP contribution >= 0.6 is 11.6 Å². The lowest BCUT2D eigenvalue weighted by Crippen LogP contribution is -2.51. The van der Waals surface area contributed by atoms with E-state index in [2.05, 4.69) is 10.0 Å². The van der Waals surface area contributed by atoms with Crippen LogP contribution in [0.25, 0.3) is 0 Å². The van der Waals surface area contributed by atoms with Gasteiger partial charge in [-0.2, -0.15) is 4.72 Å². The van der Waals surface area contributed by atoms with Crippen LogP contribution in [0.3, 0.4) is 0 Å². The Morgan fingerprint density at radius 2 is 1.88 bits per heavy atom. The van der Waals surface area contributed by atoms with Crippen LogP contribution in [0, 0.1) is 5.92 Å². The third-order valence-electron chi connectivity index (χ3n) is 3.25.